The molecule has 0 spiro atoms. The lowest BCUT2D eigenvalue weighted by molar-refractivity contribution is 0.947. The lowest BCUT2D eigenvalue weighted by Gasteiger charge is -1.85. The van der Waals surface area contributed by atoms with Crippen LogP contribution in [0.1, 0.15) is 5.69 Å². The number of halogens is 1. The minimum absolute atomic E-state index is 0.416. The third-order valence-electron chi connectivity index (χ3n) is 0.870. The molecule has 1 aromatic heterocycles. The van der Waals surface area contributed by atoms with Gasteiger partial charge in [-0.2, -0.15) is 5.10 Å². The van der Waals surface area contributed by atoms with Gasteiger partial charge in [0, 0.05) is 6.54 Å². The van der Waals surface area contributed by atoms with Crippen molar-refractivity contribution in [2.75, 3.05) is 0 Å². The Bertz CT molecular complexity index is 172. The molecule has 0 fully saturated rings. The van der Waals surface area contributed by atoms with Crippen LogP contribution < -0.4 is 5.73 Å². The van der Waals surface area contributed by atoms with E-state index >= 15 is 0 Å². The summed E-state index contributed by atoms with van der Waals surface area (Å²) in [5.41, 5.74) is 6.02. The van der Waals surface area contributed by atoms with Crippen LogP contribution >= 0.6 is 11.6 Å². The average molecular weight is 132 g/mol. The molecule has 0 unspecified atom stereocenters. The van der Waals surface area contributed by atoms with E-state index in [9.17, 15) is 0 Å². The standard InChI is InChI=1S/C4H6ClN3/c5-3-2-7-8-4(3)1-6/h2H,1,6H2,(H,7,8). The summed E-state index contributed by atoms with van der Waals surface area (Å²) >= 11 is 5.57. The predicted molar refractivity (Wildman–Crippen MR) is 31.5 cm³/mol. The minimum atomic E-state index is 0.416. The molecule has 1 heterocycles. The number of aromatic nitrogens is 2. The van der Waals surface area contributed by atoms with Crippen LogP contribution in [0.15, 0.2) is 6.20 Å². The maximum absolute atomic E-state index is 5.57. The highest BCUT2D eigenvalue weighted by molar-refractivity contribution is 6.31. The fourth-order valence-electron chi connectivity index (χ4n) is 0.441. The van der Waals surface area contributed by atoms with E-state index in [0.717, 1.165) is 5.69 Å². The Morgan fingerprint density at radius 3 is 2.88 bits per heavy atom. The van der Waals surface area contributed by atoms with Gasteiger partial charge in [0.2, 0.25) is 0 Å². The van der Waals surface area contributed by atoms with Gasteiger partial charge >= 0.3 is 0 Å². The smallest absolute Gasteiger partial charge is 0.0828 e. The zero-order chi connectivity index (χ0) is 5.98. The molecule has 0 aliphatic heterocycles. The third kappa shape index (κ3) is 0.827. The maximum atomic E-state index is 5.57. The highest BCUT2D eigenvalue weighted by atomic mass is 35.5. The van der Waals surface area contributed by atoms with Gasteiger partial charge in [-0.1, -0.05) is 11.6 Å². The topological polar surface area (TPSA) is 54.7 Å². The molecule has 0 radical (unpaired) electrons. The second kappa shape index (κ2) is 2.15. The lowest BCUT2D eigenvalue weighted by atomic mass is 10.4. The van der Waals surface area contributed by atoms with E-state index in [1.165, 1.54) is 6.20 Å². The normalized spacial score (nSPS) is 9.75. The maximum Gasteiger partial charge on any atom is 0.0828 e. The molecule has 0 aliphatic rings. The first-order valence-electron chi connectivity index (χ1n) is 2.22. The van der Waals surface area contributed by atoms with Crippen molar-refractivity contribution < 1.29 is 0 Å². The van der Waals surface area contributed by atoms with Gasteiger partial charge in [0.15, 0.2) is 0 Å². The van der Waals surface area contributed by atoms with E-state index < -0.39 is 0 Å². The number of nitrogens with zero attached hydrogens (tertiary/aromatic N) is 1. The molecular formula is C4H6ClN3. The molecule has 8 heavy (non-hydrogen) atoms. The summed E-state index contributed by atoms with van der Waals surface area (Å²) < 4.78 is 0. The molecule has 0 aromatic carbocycles. The van der Waals surface area contributed by atoms with Crippen molar-refractivity contribution in [1.29, 1.82) is 0 Å². The van der Waals surface area contributed by atoms with Crippen LogP contribution in [-0.2, 0) is 6.54 Å². The number of hydrogen-bond acceptors (Lipinski definition) is 2. The summed E-state index contributed by atoms with van der Waals surface area (Å²) in [5, 5.41) is 6.91. The molecular weight excluding hydrogens is 126 g/mol. The number of H-pyrrole nitrogens is 1. The molecule has 0 saturated carbocycles. The van der Waals surface area contributed by atoms with Crippen LogP contribution in [0.2, 0.25) is 5.02 Å². The fourth-order valence-corrected chi connectivity index (χ4v) is 0.610. The van der Waals surface area contributed by atoms with Crippen molar-refractivity contribution in [2.24, 2.45) is 5.73 Å². The first-order valence-corrected chi connectivity index (χ1v) is 2.60. The Hall–Kier alpha value is -0.540. The van der Waals surface area contributed by atoms with Gasteiger partial charge < -0.3 is 5.73 Å². The van der Waals surface area contributed by atoms with Crippen LogP contribution in [-0.4, -0.2) is 10.2 Å². The summed E-state index contributed by atoms with van der Waals surface area (Å²) in [4.78, 5) is 0. The quantitative estimate of drug-likeness (QED) is 0.584. The van der Waals surface area contributed by atoms with Crippen molar-refractivity contribution in [3.8, 4) is 0 Å². The van der Waals surface area contributed by atoms with E-state index in [-0.39, 0.29) is 0 Å². The Labute approximate surface area is 51.8 Å². The third-order valence-corrected chi connectivity index (χ3v) is 1.20. The summed E-state index contributed by atoms with van der Waals surface area (Å²) in [7, 11) is 0. The molecule has 3 nitrogen and oxygen atoms in total. The number of aromatic amines is 1. The fraction of sp³-hybridized carbons (Fsp3) is 0.250. The van der Waals surface area contributed by atoms with E-state index in [1.54, 1.807) is 0 Å². The van der Waals surface area contributed by atoms with E-state index in [1.807, 2.05) is 0 Å². The van der Waals surface area contributed by atoms with Crippen LogP contribution in [0, 0.1) is 0 Å². The van der Waals surface area contributed by atoms with E-state index in [4.69, 9.17) is 17.3 Å². The van der Waals surface area contributed by atoms with Crippen molar-refractivity contribution in [2.45, 2.75) is 6.54 Å². The SMILES string of the molecule is NCc1[nH]ncc1Cl. The van der Waals surface area contributed by atoms with Crippen molar-refractivity contribution in [1.82, 2.24) is 10.2 Å². The summed E-state index contributed by atoms with van der Waals surface area (Å²) in [6, 6.07) is 0. The summed E-state index contributed by atoms with van der Waals surface area (Å²) in [6.45, 7) is 0.416. The monoisotopic (exact) mass is 131 g/mol. The highest BCUT2D eigenvalue weighted by Crippen LogP contribution is 2.09. The molecule has 0 atom stereocenters. The second-order valence-corrected chi connectivity index (χ2v) is 1.81. The summed E-state index contributed by atoms with van der Waals surface area (Å²) in [6.07, 6.45) is 1.53. The second-order valence-electron chi connectivity index (χ2n) is 1.40. The number of rotatable bonds is 1. The van der Waals surface area contributed by atoms with Crippen molar-refractivity contribution >= 4 is 11.6 Å². The zero-order valence-electron chi connectivity index (χ0n) is 4.19. The van der Waals surface area contributed by atoms with Gasteiger partial charge in [-0.05, 0) is 0 Å². The largest absolute Gasteiger partial charge is 0.325 e. The number of nitrogens with one attached hydrogen (secondary N) is 1. The van der Waals surface area contributed by atoms with Gasteiger partial charge in [-0.25, -0.2) is 0 Å². The van der Waals surface area contributed by atoms with Gasteiger partial charge in [0.1, 0.15) is 0 Å². The summed E-state index contributed by atoms with van der Waals surface area (Å²) in [5.74, 6) is 0. The average Bonchev–Trinajstić information content (AvgIpc) is 2.14. The van der Waals surface area contributed by atoms with Crippen LogP contribution in [0.3, 0.4) is 0 Å². The molecule has 0 amide bonds. The Morgan fingerprint density at radius 1 is 1.88 bits per heavy atom. The van der Waals surface area contributed by atoms with Gasteiger partial charge in [-0.15, -0.1) is 0 Å². The molecule has 0 aliphatic carbocycles. The van der Waals surface area contributed by atoms with Gasteiger partial charge in [0.05, 0.1) is 16.9 Å². The van der Waals surface area contributed by atoms with E-state index in [0.29, 0.717) is 11.6 Å². The highest BCUT2D eigenvalue weighted by Gasteiger charge is 1.95. The molecule has 3 N–H and O–H groups in total. The van der Waals surface area contributed by atoms with Crippen molar-refractivity contribution in [3.05, 3.63) is 16.9 Å². The molecule has 4 heteroatoms. The predicted octanol–water partition coefficient (Wildman–Crippen LogP) is 0.522. The Balaban J connectivity index is 2.92. The first-order chi connectivity index (χ1) is 3.84. The number of nitrogens with two attached hydrogens (primary N) is 1. The van der Waals surface area contributed by atoms with Gasteiger partial charge in [0.25, 0.3) is 0 Å². The molecule has 44 valence electrons. The Morgan fingerprint density at radius 2 is 2.62 bits per heavy atom. The number of hydrogen-bond donors (Lipinski definition) is 2. The molecule has 1 rings (SSSR count). The molecule has 1 aromatic rings. The Kier molecular flexibility index (Phi) is 1.50. The van der Waals surface area contributed by atoms with Crippen LogP contribution in [0.25, 0.3) is 0 Å². The van der Waals surface area contributed by atoms with Crippen molar-refractivity contribution in [3.63, 3.8) is 0 Å². The lowest BCUT2D eigenvalue weighted by Crippen LogP contribution is -1.96. The first kappa shape index (κ1) is 5.59. The molecule has 0 bridgehead atoms. The van der Waals surface area contributed by atoms with Crippen LogP contribution in [0.4, 0.5) is 0 Å². The zero-order valence-corrected chi connectivity index (χ0v) is 4.94. The van der Waals surface area contributed by atoms with E-state index in [2.05, 4.69) is 10.2 Å². The minimum Gasteiger partial charge on any atom is -0.325 e. The van der Waals surface area contributed by atoms with Crippen LogP contribution in [0.5, 0.6) is 0 Å². The van der Waals surface area contributed by atoms with Gasteiger partial charge in [-0.3, -0.25) is 5.10 Å². The molecule has 0 saturated heterocycles.